The lowest BCUT2D eigenvalue weighted by Gasteiger charge is -2.18. The Balaban J connectivity index is 2.22. The molecule has 5 N–H and O–H groups in total. The first-order valence-electron chi connectivity index (χ1n) is 6.94. The van der Waals surface area contributed by atoms with Crippen LogP contribution in [0.4, 0.5) is 11.4 Å². The van der Waals surface area contributed by atoms with E-state index in [0.717, 1.165) is 12.2 Å². The molecule has 0 heterocycles. The standard InChI is InChI=1S/C14H23N3O2S/c1-3-4-14(5-6-14)9-17-12-7-11(15)8-13(10(12)2)20(16,18)19/h7-8,17H,3-6,9,15H2,1-2H3,(H2,16,18,19). The molecule has 0 aromatic heterocycles. The molecule has 0 amide bonds. The molecule has 1 saturated carbocycles. The Morgan fingerprint density at radius 1 is 1.35 bits per heavy atom. The van der Waals surface area contributed by atoms with Crippen LogP contribution in [0.2, 0.25) is 0 Å². The maximum atomic E-state index is 11.6. The Labute approximate surface area is 120 Å². The average Bonchev–Trinajstić information content (AvgIpc) is 3.09. The van der Waals surface area contributed by atoms with Crippen LogP contribution in [0.5, 0.6) is 0 Å². The number of hydrogen-bond acceptors (Lipinski definition) is 4. The van der Waals surface area contributed by atoms with Crippen molar-refractivity contribution in [2.75, 3.05) is 17.6 Å². The van der Waals surface area contributed by atoms with Crippen LogP contribution in [0.3, 0.4) is 0 Å². The van der Waals surface area contributed by atoms with Gasteiger partial charge < -0.3 is 11.1 Å². The number of nitrogens with two attached hydrogens (primary N) is 2. The number of rotatable bonds is 6. The molecule has 1 aromatic rings. The monoisotopic (exact) mass is 297 g/mol. The molecule has 0 bridgehead atoms. The lowest BCUT2D eigenvalue weighted by molar-refractivity contribution is 0.485. The van der Waals surface area contributed by atoms with Crippen molar-refractivity contribution in [1.82, 2.24) is 0 Å². The van der Waals surface area contributed by atoms with Gasteiger partial charge in [0.25, 0.3) is 0 Å². The second-order valence-corrected chi connectivity index (χ2v) is 7.37. The van der Waals surface area contributed by atoms with Crippen molar-refractivity contribution in [3.8, 4) is 0 Å². The average molecular weight is 297 g/mol. The highest BCUT2D eigenvalue weighted by molar-refractivity contribution is 7.89. The third kappa shape index (κ3) is 3.24. The zero-order valence-electron chi connectivity index (χ0n) is 12.1. The van der Waals surface area contributed by atoms with Crippen molar-refractivity contribution < 1.29 is 8.42 Å². The summed E-state index contributed by atoms with van der Waals surface area (Å²) in [4.78, 5) is 0.0975. The van der Waals surface area contributed by atoms with Gasteiger partial charge in [0.2, 0.25) is 10.0 Å². The molecule has 0 aliphatic heterocycles. The Morgan fingerprint density at radius 3 is 2.50 bits per heavy atom. The van der Waals surface area contributed by atoms with Crippen LogP contribution >= 0.6 is 0 Å². The summed E-state index contributed by atoms with van der Waals surface area (Å²) in [7, 11) is -3.75. The van der Waals surface area contributed by atoms with E-state index in [-0.39, 0.29) is 4.90 Å². The van der Waals surface area contributed by atoms with Crippen LogP contribution in [0.25, 0.3) is 0 Å². The molecular weight excluding hydrogens is 274 g/mol. The van der Waals surface area contributed by atoms with E-state index < -0.39 is 10.0 Å². The van der Waals surface area contributed by atoms with Gasteiger partial charge in [0.15, 0.2) is 0 Å². The van der Waals surface area contributed by atoms with Gasteiger partial charge in [0.05, 0.1) is 4.90 Å². The third-order valence-electron chi connectivity index (χ3n) is 4.08. The molecule has 0 atom stereocenters. The van der Waals surface area contributed by atoms with Gasteiger partial charge in [-0.25, -0.2) is 13.6 Å². The SMILES string of the molecule is CCCC1(CNc2cc(N)cc(S(N)(=O)=O)c2C)CC1. The fourth-order valence-corrected chi connectivity index (χ4v) is 3.53. The molecule has 0 saturated heterocycles. The summed E-state index contributed by atoms with van der Waals surface area (Å²) in [5.41, 5.74) is 7.96. The van der Waals surface area contributed by atoms with Crippen molar-refractivity contribution in [1.29, 1.82) is 0 Å². The fraction of sp³-hybridized carbons (Fsp3) is 0.571. The number of anilines is 2. The first kappa shape index (κ1) is 15.1. The van der Waals surface area contributed by atoms with Crippen LogP contribution < -0.4 is 16.2 Å². The van der Waals surface area contributed by atoms with E-state index in [2.05, 4.69) is 12.2 Å². The maximum Gasteiger partial charge on any atom is 0.238 e. The third-order valence-corrected chi connectivity index (χ3v) is 5.12. The van der Waals surface area contributed by atoms with E-state index in [9.17, 15) is 8.42 Å². The molecular formula is C14H23N3O2S. The minimum Gasteiger partial charge on any atom is -0.399 e. The van der Waals surface area contributed by atoms with Crippen LogP contribution in [-0.2, 0) is 10.0 Å². The second kappa shape index (κ2) is 5.26. The summed E-state index contributed by atoms with van der Waals surface area (Å²) in [5, 5.41) is 8.58. The zero-order valence-corrected chi connectivity index (χ0v) is 12.9. The topological polar surface area (TPSA) is 98.2 Å². The molecule has 112 valence electrons. The molecule has 1 aliphatic rings. The molecule has 1 aromatic carbocycles. The molecule has 0 unspecified atom stereocenters. The summed E-state index contributed by atoms with van der Waals surface area (Å²) in [6.07, 6.45) is 4.83. The number of primary sulfonamides is 1. The lowest BCUT2D eigenvalue weighted by atomic mass is 10.0. The van der Waals surface area contributed by atoms with Crippen molar-refractivity contribution in [3.63, 3.8) is 0 Å². The van der Waals surface area contributed by atoms with E-state index in [1.165, 1.54) is 31.7 Å². The van der Waals surface area contributed by atoms with Gasteiger partial charge in [-0.05, 0) is 49.3 Å². The number of benzene rings is 1. The minimum atomic E-state index is -3.75. The highest BCUT2D eigenvalue weighted by Crippen LogP contribution is 2.49. The minimum absolute atomic E-state index is 0.0975. The molecule has 1 aliphatic carbocycles. The number of nitrogen functional groups attached to an aromatic ring is 1. The smallest absolute Gasteiger partial charge is 0.238 e. The van der Waals surface area contributed by atoms with Crippen molar-refractivity contribution in [2.45, 2.75) is 44.4 Å². The van der Waals surface area contributed by atoms with Crippen LogP contribution in [-0.4, -0.2) is 15.0 Å². The first-order chi connectivity index (χ1) is 9.27. The number of hydrogen-bond donors (Lipinski definition) is 3. The van der Waals surface area contributed by atoms with Crippen LogP contribution in [0.1, 0.15) is 38.2 Å². The first-order valence-corrected chi connectivity index (χ1v) is 8.49. The molecule has 0 spiro atoms. The largest absolute Gasteiger partial charge is 0.399 e. The van der Waals surface area contributed by atoms with E-state index >= 15 is 0 Å². The van der Waals surface area contributed by atoms with E-state index in [4.69, 9.17) is 10.9 Å². The normalized spacial score (nSPS) is 16.9. The number of sulfonamides is 1. The van der Waals surface area contributed by atoms with Crippen molar-refractivity contribution in [3.05, 3.63) is 17.7 Å². The Hall–Kier alpha value is -1.27. The summed E-state index contributed by atoms with van der Waals surface area (Å²) in [6, 6.07) is 3.18. The quantitative estimate of drug-likeness (QED) is 0.701. The van der Waals surface area contributed by atoms with Gasteiger partial charge in [-0.1, -0.05) is 13.3 Å². The Morgan fingerprint density at radius 2 is 2.00 bits per heavy atom. The Kier molecular flexibility index (Phi) is 3.97. The van der Waals surface area contributed by atoms with Gasteiger partial charge in [-0.2, -0.15) is 0 Å². The lowest BCUT2D eigenvalue weighted by Crippen LogP contribution is -2.18. The summed E-state index contributed by atoms with van der Waals surface area (Å²) in [6.45, 7) is 4.79. The fourth-order valence-electron chi connectivity index (χ4n) is 2.69. The van der Waals surface area contributed by atoms with Gasteiger partial charge in [-0.3, -0.25) is 0 Å². The predicted octanol–water partition coefficient (Wildman–Crippen LogP) is 2.22. The summed E-state index contributed by atoms with van der Waals surface area (Å²) < 4.78 is 23.1. The summed E-state index contributed by atoms with van der Waals surface area (Å²) in [5.74, 6) is 0. The molecule has 1 fully saturated rings. The Bertz CT molecular complexity index is 607. The second-order valence-electron chi connectivity index (χ2n) is 5.84. The molecule has 6 heteroatoms. The van der Waals surface area contributed by atoms with Gasteiger partial charge >= 0.3 is 0 Å². The van der Waals surface area contributed by atoms with Crippen molar-refractivity contribution >= 4 is 21.4 Å². The zero-order chi connectivity index (χ0) is 15.0. The molecule has 5 nitrogen and oxygen atoms in total. The van der Waals surface area contributed by atoms with Crippen molar-refractivity contribution in [2.24, 2.45) is 10.6 Å². The van der Waals surface area contributed by atoms with Gasteiger partial charge in [0, 0.05) is 17.9 Å². The molecule has 2 rings (SSSR count). The molecule has 0 radical (unpaired) electrons. The van der Waals surface area contributed by atoms with Crippen LogP contribution in [0.15, 0.2) is 17.0 Å². The van der Waals surface area contributed by atoms with E-state index in [1.807, 2.05) is 0 Å². The van der Waals surface area contributed by atoms with Gasteiger partial charge in [-0.15, -0.1) is 0 Å². The predicted molar refractivity (Wildman–Crippen MR) is 82.0 cm³/mol. The van der Waals surface area contributed by atoms with Crippen LogP contribution in [0, 0.1) is 12.3 Å². The summed E-state index contributed by atoms with van der Waals surface area (Å²) >= 11 is 0. The maximum absolute atomic E-state index is 11.6. The highest BCUT2D eigenvalue weighted by atomic mass is 32.2. The van der Waals surface area contributed by atoms with Gasteiger partial charge in [0.1, 0.15) is 0 Å². The highest BCUT2D eigenvalue weighted by Gasteiger charge is 2.41. The van der Waals surface area contributed by atoms with E-state index in [0.29, 0.717) is 16.7 Å². The molecule has 20 heavy (non-hydrogen) atoms. The van der Waals surface area contributed by atoms with E-state index in [1.54, 1.807) is 13.0 Å². The number of nitrogens with one attached hydrogen (secondary N) is 1.